The fourth-order valence-corrected chi connectivity index (χ4v) is 1.75. The van der Waals surface area contributed by atoms with E-state index in [1.807, 2.05) is 0 Å². The van der Waals surface area contributed by atoms with Crippen LogP contribution >= 0.6 is 0 Å². The minimum absolute atomic E-state index is 0.235. The molecule has 0 aliphatic heterocycles. The molecule has 0 saturated heterocycles. The van der Waals surface area contributed by atoms with Crippen molar-refractivity contribution < 1.29 is 13.6 Å². The van der Waals surface area contributed by atoms with Crippen LogP contribution < -0.4 is 0 Å². The fourth-order valence-electron chi connectivity index (χ4n) is 0.937. The van der Waals surface area contributed by atoms with Crippen molar-refractivity contribution in [2.45, 2.75) is 26.7 Å². The molecule has 0 unspecified atom stereocenters. The van der Waals surface area contributed by atoms with E-state index in [0.717, 1.165) is 18.6 Å². The van der Waals surface area contributed by atoms with Gasteiger partial charge in [-0.05, 0) is 13.3 Å². The maximum atomic E-state index is 11.1. The van der Waals surface area contributed by atoms with E-state index < -0.39 is 0 Å². The molecule has 3 nitrogen and oxygen atoms in total. The molecule has 70 valence electrons. The molecule has 0 bridgehead atoms. The lowest BCUT2D eigenvalue weighted by atomic mass is 10.2. The van der Waals surface area contributed by atoms with Gasteiger partial charge in [0.25, 0.3) is 0 Å². The molecular formula is C7H16O3Si2. The molecule has 12 heavy (non-hydrogen) atoms. The quantitative estimate of drug-likeness (QED) is 0.341. The van der Waals surface area contributed by atoms with Gasteiger partial charge < -0.3 is 8.85 Å². The molecule has 5 heteroatoms. The summed E-state index contributed by atoms with van der Waals surface area (Å²) in [6.45, 7) is 3.81. The Morgan fingerprint density at radius 3 is 2.25 bits per heavy atom. The second-order valence-electron chi connectivity index (χ2n) is 2.49. The first kappa shape index (κ1) is 11.4. The van der Waals surface area contributed by atoms with E-state index in [1.54, 1.807) is 6.92 Å². The summed E-state index contributed by atoms with van der Waals surface area (Å²) in [6, 6.07) is 0. The second-order valence-corrected chi connectivity index (χ2v) is 3.31. The number of allylic oxidation sites excluding steroid dienone is 1. The first-order chi connectivity index (χ1) is 5.67. The average Bonchev–Trinajstić information content (AvgIpc) is 2.11. The Morgan fingerprint density at radius 1 is 1.33 bits per heavy atom. The van der Waals surface area contributed by atoms with Gasteiger partial charge in [0, 0.05) is 6.42 Å². The first-order valence-electron chi connectivity index (χ1n) is 3.99. The number of rotatable bonds is 4. The van der Waals surface area contributed by atoms with Gasteiger partial charge in [-0.1, -0.05) is 6.92 Å². The van der Waals surface area contributed by atoms with Gasteiger partial charge >= 0.3 is 5.97 Å². The summed E-state index contributed by atoms with van der Waals surface area (Å²) >= 11 is 0. The molecule has 0 amide bonds. The summed E-state index contributed by atoms with van der Waals surface area (Å²) in [5.74, 6) is 0.561. The molecule has 0 spiro atoms. The van der Waals surface area contributed by atoms with Crippen LogP contribution in [0.1, 0.15) is 26.7 Å². The Morgan fingerprint density at radius 2 is 1.92 bits per heavy atom. The minimum Gasteiger partial charge on any atom is -0.556 e. The molecule has 0 atom stereocenters. The van der Waals surface area contributed by atoms with Crippen molar-refractivity contribution in [3.05, 3.63) is 11.3 Å². The van der Waals surface area contributed by atoms with E-state index in [-0.39, 0.29) is 5.97 Å². The Bertz CT molecular complexity index is 189. The molecule has 0 radical (unpaired) electrons. The van der Waals surface area contributed by atoms with Crippen molar-refractivity contribution in [1.82, 2.24) is 0 Å². The van der Waals surface area contributed by atoms with E-state index in [1.165, 1.54) is 0 Å². The SMILES string of the molecule is CCCC(O[SiH3])=C(C)C(=O)O[SiH3]. The molecule has 0 aromatic carbocycles. The molecule has 0 aliphatic carbocycles. The van der Waals surface area contributed by atoms with Crippen molar-refractivity contribution in [2.24, 2.45) is 0 Å². The largest absolute Gasteiger partial charge is 0.556 e. The topological polar surface area (TPSA) is 35.5 Å². The highest BCUT2D eigenvalue weighted by atomic mass is 28.2. The van der Waals surface area contributed by atoms with Crippen LogP contribution in [-0.2, 0) is 13.6 Å². The van der Waals surface area contributed by atoms with Crippen LogP contribution in [-0.4, -0.2) is 26.9 Å². The third-order valence-electron chi connectivity index (χ3n) is 1.63. The van der Waals surface area contributed by atoms with Crippen molar-refractivity contribution in [1.29, 1.82) is 0 Å². The van der Waals surface area contributed by atoms with Crippen LogP contribution in [0.4, 0.5) is 0 Å². The molecule has 0 fully saturated rings. The van der Waals surface area contributed by atoms with E-state index in [0.29, 0.717) is 26.5 Å². The van der Waals surface area contributed by atoms with Crippen molar-refractivity contribution in [3.63, 3.8) is 0 Å². The minimum atomic E-state index is -0.235. The van der Waals surface area contributed by atoms with Crippen LogP contribution in [0, 0.1) is 0 Å². The zero-order valence-electron chi connectivity index (χ0n) is 8.14. The third kappa shape index (κ3) is 3.23. The zero-order valence-corrected chi connectivity index (χ0v) is 12.1. The van der Waals surface area contributed by atoms with E-state index in [2.05, 4.69) is 6.92 Å². The molecule has 0 heterocycles. The standard InChI is InChI=1S/C7H16O3Si2/c1-3-4-6(9-11)5(2)7(8)10-12/h3-4H2,1-2,11-12H3. The van der Waals surface area contributed by atoms with Crippen molar-refractivity contribution >= 4 is 26.9 Å². The smallest absolute Gasteiger partial charge is 0.323 e. The van der Waals surface area contributed by atoms with Crippen LogP contribution in [0.15, 0.2) is 11.3 Å². The number of carbonyl (C=O) groups is 1. The van der Waals surface area contributed by atoms with Gasteiger partial charge in [0.1, 0.15) is 0 Å². The maximum Gasteiger partial charge on any atom is 0.323 e. The predicted molar refractivity (Wildman–Crippen MR) is 54.7 cm³/mol. The second kappa shape index (κ2) is 6.02. The van der Waals surface area contributed by atoms with E-state index >= 15 is 0 Å². The lowest BCUT2D eigenvalue weighted by Gasteiger charge is -2.09. The summed E-state index contributed by atoms with van der Waals surface area (Å²) in [7, 11) is 1.07. The van der Waals surface area contributed by atoms with Crippen molar-refractivity contribution in [3.8, 4) is 0 Å². The van der Waals surface area contributed by atoms with E-state index in [9.17, 15) is 4.79 Å². The highest BCUT2D eigenvalue weighted by Gasteiger charge is 2.09. The highest BCUT2D eigenvalue weighted by molar-refractivity contribution is 6.09. The zero-order chi connectivity index (χ0) is 9.56. The van der Waals surface area contributed by atoms with E-state index in [4.69, 9.17) is 8.85 Å². The summed E-state index contributed by atoms with van der Waals surface area (Å²) < 4.78 is 9.93. The lowest BCUT2D eigenvalue weighted by Crippen LogP contribution is -2.07. The molecule has 0 aromatic heterocycles. The van der Waals surface area contributed by atoms with Crippen LogP contribution in [0.2, 0.25) is 0 Å². The molecule has 0 rings (SSSR count). The van der Waals surface area contributed by atoms with Crippen molar-refractivity contribution in [2.75, 3.05) is 0 Å². The Labute approximate surface area is 79.2 Å². The molecular weight excluding hydrogens is 188 g/mol. The Balaban J connectivity index is 4.47. The molecule has 0 saturated carbocycles. The normalized spacial score (nSPS) is 12.5. The van der Waals surface area contributed by atoms with Gasteiger partial charge in [-0.2, -0.15) is 0 Å². The van der Waals surface area contributed by atoms with Crippen LogP contribution in [0.3, 0.4) is 0 Å². The maximum absolute atomic E-state index is 11.1. The number of hydrogen-bond donors (Lipinski definition) is 0. The predicted octanol–water partition coefficient (Wildman–Crippen LogP) is -0.819. The average molecular weight is 204 g/mol. The van der Waals surface area contributed by atoms with Gasteiger partial charge in [-0.25, -0.2) is 4.79 Å². The fraction of sp³-hybridized carbons (Fsp3) is 0.571. The van der Waals surface area contributed by atoms with Gasteiger partial charge in [0.05, 0.1) is 11.3 Å². The molecule has 0 N–H and O–H groups in total. The van der Waals surface area contributed by atoms with Crippen LogP contribution in [0.25, 0.3) is 0 Å². The highest BCUT2D eigenvalue weighted by Crippen LogP contribution is 2.12. The summed E-state index contributed by atoms with van der Waals surface area (Å²) in [4.78, 5) is 11.1. The Hall–Kier alpha value is -0.556. The third-order valence-corrected chi connectivity index (χ3v) is 2.50. The van der Waals surface area contributed by atoms with Crippen LogP contribution in [0.5, 0.6) is 0 Å². The van der Waals surface area contributed by atoms with Gasteiger partial charge in [-0.3, -0.25) is 0 Å². The Kier molecular flexibility index (Phi) is 5.74. The molecule has 0 aromatic rings. The lowest BCUT2D eigenvalue weighted by molar-refractivity contribution is -0.129. The number of hydrogen-bond acceptors (Lipinski definition) is 3. The molecule has 0 aliphatic rings. The summed E-state index contributed by atoms with van der Waals surface area (Å²) in [5.41, 5.74) is 0.627. The summed E-state index contributed by atoms with van der Waals surface area (Å²) in [5, 5.41) is 0. The first-order valence-corrected chi connectivity index (χ1v) is 5.62. The van der Waals surface area contributed by atoms with Gasteiger partial charge in [0.15, 0.2) is 0 Å². The number of carbonyl (C=O) groups excluding carboxylic acids is 1. The monoisotopic (exact) mass is 204 g/mol. The van der Waals surface area contributed by atoms with Gasteiger partial charge in [-0.15, -0.1) is 0 Å². The summed E-state index contributed by atoms with van der Waals surface area (Å²) in [6.07, 6.45) is 1.81. The van der Waals surface area contributed by atoms with Gasteiger partial charge in [0.2, 0.25) is 21.0 Å².